The molecule has 102 valence electrons. The van der Waals surface area contributed by atoms with Crippen molar-refractivity contribution in [2.75, 3.05) is 6.54 Å². The largest absolute Gasteiger partial charge is 0.349 e. The second kappa shape index (κ2) is 6.55. The van der Waals surface area contributed by atoms with Crippen molar-refractivity contribution in [1.29, 1.82) is 0 Å². The number of nitrogens with one attached hydrogen (secondary N) is 1. The molecule has 3 N–H and O–H groups in total. The molecule has 1 fully saturated rings. The molecule has 1 atom stereocenters. The number of hydrogen-bond acceptors (Lipinski definition) is 3. The van der Waals surface area contributed by atoms with Crippen LogP contribution in [0.25, 0.3) is 0 Å². The third kappa shape index (κ3) is 3.97. The Labute approximate surface area is 119 Å². The van der Waals surface area contributed by atoms with Crippen LogP contribution in [0.1, 0.15) is 31.7 Å². The summed E-state index contributed by atoms with van der Waals surface area (Å²) in [5, 5.41) is 7.24. The van der Waals surface area contributed by atoms with Crippen molar-refractivity contribution in [1.82, 2.24) is 5.32 Å². The van der Waals surface area contributed by atoms with Crippen molar-refractivity contribution in [3.8, 4) is 0 Å². The summed E-state index contributed by atoms with van der Waals surface area (Å²) < 4.78 is 0. The van der Waals surface area contributed by atoms with Gasteiger partial charge in [0.25, 0.3) is 0 Å². The van der Waals surface area contributed by atoms with E-state index in [0.717, 1.165) is 6.42 Å². The van der Waals surface area contributed by atoms with E-state index in [1.807, 2.05) is 5.38 Å². The zero-order chi connectivity index (χ0) is 12.3. The number of carbonyl (C=O) groups is 1. The molecule has 0 aliphatic heterocycles. The van der Waals surface area contributed by atoms with Crippen molar-refractivity contribution in [3.63, 3.8) is 0 Å². The topological polar surface area (TPSA) is 55.1 Å². The van der Waals surface area contributed by atoms with Crippen LogP contribution in [0.3, 0.4) is 0 Å². The molecule has 1 saturated carbocycles. The molecule has 2 rings (SSSR count). The van der Waals surface area contributed by atoms with E-state index in [0.29, 0.717) is 18.9 Å². The molecular weight excluding hydrogens is 268 g/mol. The van der Waals surface area contributed by atoms with Crippen molar-refractivity contribution >= 4 is 29.7 Å². The van der Waals surface area contributed by atoms with Gasteiger partial charge >= 0.3 is 0 Å². The Morgan fingerprint density at radius 1 is 1.61 bits per heavy atom. The molecule has 18 heavy (non-hydrogen) atoms. The van der Waals surface area contributed by atoms with Crippen LogP contribution in [0.5, 0.6) is 0 Å². The van der Waals surface area contributed by atoms with E-state index in [2.05, 4.69) is 23.7 Å². The number of rotatable bonds is 6. The van der Waals surface area contributed by atoms with Crippen LogP contribution in [0.2, 0.25) is 0 Å². The maximum Gasteiger partial charge on any atom is 0.220 e. The highest BCUT2D eigenvalue weighted by atomic mass is 35.5. The first-order valence-electron chi connectivity index (χ1n) is 6.16. The number of hydrogen-bond donors (Lipinski definition) is 2. The van der Waals surface area contributed by atoms with Gasteiger partial charge in [-0.15, -0.1) is 12.4 Å². The second-order valence-electron chi connectivity index (χ2n) is 5.08. The van der Waals surface area contributed by atoms with Crippen molar-refractivity contribution in [2.45, 2.75) is 38.1 Å². The van der Waals surface area contributed by atoms with E-state index in [9.17, 15) is 4.79 Å². The van der Waals surface area contributed by atoms with Crippen molar-refractivity contribution in [2.24, 2.45) is 11.7 Å². The van der Waals surface area contributed by atoms with Gasteiger partial charge < -0.3 is 11.1 Å². The lowest BCUT2D eigenvalue weighted by molar-refractivity contribution is -0.123. The quantitative estimate of drug-likeness (QED) is 0.844. The Morgan fingerprint density at radius 2 is 2.33 bits per heavy atom. The lowest BCUT2D eigenvalue weighted by Gasteiger charge is -2.29. The van der Waals surface area contributed by atoms with Crippen LogP contribution in [0.4, 0.5) is 0 Å². The zero-order valence-electron chi connectivity index (χ0n) is 10.6. The zero-order valence-corrected chi connectivity index (χ0v) is 12.3. The normalized spacial score (nSPS) is 17.7. The summed E-state index contributed by atoms with van der Waals surface area (Å²) in [5.41, 5.74) is 6.83. The van der Waals surface area contributed by atoms with E-state index in [4.69, 9.17) is 5.73 Å². The molecular formula is C13H21ClN2OS. The molecule has 0 aromatic carbocycles. The maximum absolute atomic E-state index is 11.9. The Kier molecular flexibility index (Phi) is 5.63. The molecule has 0 saturated heterocycles. The molecule has 1 heterocycles. The Morgan fingerprint density at radius 3 is 2.83 bits per heavy atom. The summed E-state index contributed by atoms with van der Waals surface area (Å²) in [6.07, 6.45) is 3.76. The highest BCUT2D eigenvalue weighted by Gasteiger charge is 2.41. The van der Waals surface area contributed by atoms with Gasteiger partial charge in [0, 0.05) is 13.0 Å². The second-order valence-corrected chi connectivity index (χ2v) is 5.86. The lowest BCUT2D eigenvalue weighted by atomic mass is 9.95. The van der Waals surface area contributed by atoms with Gasteiger partial charge in [-0.3, -0.25) is 4.79 Å². The summed E-state index contributed by atoms with van der Waals surface area (Å²) >= 11 is 1.67. The first kappa shape index (κ1) is 15.5. The standard InChI is InChI=1S/C13H20N2OS.ClH/c1-13(9-14,11-3-4-11)15-12(16)5-2-10-6-7-17-8-10;/h6-8,11H,2-5,9,14H2,1H3,(H,15,16);1H. The average molecular weight is 289 g/mol. The predicted molar refractivity (Wildman–Crippen MR) is 78.2 cm³/mol. The van der Waals surface area contributed by atoms with Gasteiger partial charge in [0.15, 0.2) is 0 Å². The SMILES string of the molecule is CC(CN)(NC(=O)CCc1ccsc1)C1CC1.Cl. The van der Waals surface area contributed by atoms with E-state index in [-0.39, 0.29) is 23.9 Å². The van der Waals surface area contributed by atoms with E-state index in [1.165, 1.54) is 18.4 Å². The van der Waals surface area contributed by atoms with Crippen LogP contribution in [0.15, 0.2) is 16.8 Å². The Bertz CT molecular complexity index is 378. The first-order valence-corrected chi connectivity index (χ1v) is 7.10. The summed E-state index contributed by atoms with van der Waals surface area (Å²) in [6, 6.07) is 2.07. The first-order chi connectivity index (χ1) is 8.14. The average Bonchev–Trinajstić information content (AvgIpc) is 3.05. The minimum absolute atomic E-state index is 0. The predicted octanol–water partition coefficient (Wildman–Crippen LogP) is 2.35. The number of thiophene rings is 1. The molecule has 1 aliphatic carbocycles. The summed E-state index contributed by atoms with van der Waals surface area (Å²) in [6.45, 7) is 2.59. The summed E-state index contributed by atoms with van der Waals surface area (Å²) in [5.74, 6) is 0.702. The number of amides is 1. The molecule has 1 aromatic rings. The van der Waals surface area contributed by atoms with Gasteiger partial charge in [-0.25, -0.2) is 0 Å². The lowest BCUT2D eigenvalue weighted by Crippen LogP contribution is -2.53. The molecule has 0 bridgehead atoms. The van der Waals surface area contributed by atoms with E-state index in [1.54, 1.807) is 11.3 Å². The molecule has 3 nitrogen and oxygen atoms in total. The molecule has 1 aliphatic rings. The molecule has 1 aromatic heterocycles. The minimum Gasteiger partial charge on any atom is -0.349 e. The number of nitrogens with two attached hydrogens (primary N) is 1. The van der Waals surface area contributed by atoms with Crippen molar-refractivity contribution < 1.29 is 4.79 Å². The fourth-order valence-corrected chi connectivity index (χ4v) is 2.82. The van der Waals surface area contributed by atoms with E-state index >= 15 is 0 Å². The van der Waals surface area contributed by atoms with Gasteiger partial charge in [-0.05, 0) is 54.5 Å². The van der Waals surface area contributed by atoms with Gasteiger partial charge in [0.1, 0.15) is 0 Å². The molecule has 1 unspecified atom stereocenters. The molecule has 0 spiro atoms. The third-order valence-electron chi connectivity index (χ3n) is 3.55. The number of aryl methyl sites for hydroxylation is 1. The maximum atomic E-state index is 11.9. The molecule has 5 heteroatoms. The summed E-state index contributed by atoms with van der Waals surface area (Å²) in [7, 11) is 0. The number of carbonyl (C=O) groups excluding carboxylic acids is 1. The molecule has 0 radical (unpaired) electrons. The van der Waals surface area contributed by atoms with Gasteiger partial charge in [0.2, 0.25) is 5.91 Å². The van der Waals surface area contributed by atoms with Gasteiger partial charge in [0.05, 0.1) is 5.54 Å². The van der Waals surface area contributed by atoms with Crippen LogP contribution < -0.4 is 11.1 Å². The van der Waals surface area contributed by atoms with Gasteiger partial charge in [-0.2, -0.15) is 11.3 Å². The minimum atomic E-state index is -0.189. The van der Waals surface area contributed by atoms with Crippen LogP contribution in [-0.4, -0.2) is 18.0 Å². The number of halogens is 1. The van der Waals surface area contributed by atoms with Crippen LogP contribution in [0, 0.1) is 5.92 Å². The highest BCUT2D eigenvalue weighted by molar-refractivity contribution is 7.07. The van der Waals surface area contributed by atoms with Gasteiger partial charge in [-0.1, -0.05) is 0 Å². The fraction of sp³-hybridized carbons (Fsp3) is 0.615. The summed E-state index contributed by atoms with van der Waals surface area (Å²) in [4.78, 5) is 11.9. The van der Waals surface area contributed by atoms with Crippen molar-refractivity contribution in [3.05, 3.63) is 22.4 Å². The highest BCUT2D eigenvalue weighted by Crippen LogP contribution is 2.38. The van der Waals surface area contributed by atoms with Crippen LogP contribution >= 0.6 is 23.7 Å². The fourth-order valence-electron chi connectivity index (χ4n) is 2.11. The Balaban J connectivity index is 0.00000162. The third-order valence-corrected chi connectivity index (χ3v) is 4.28. The van der Waals surface area contributed by atoms with E-state index < -0.39 is 0 Å². The van der Waals surface area contributed by atoms with Crippen LogP contribution in [-0.2, 0) is 11.2 Å². The smallest absolute Gasteiger partial charge is 0.220 e. The Hall–Kier alpha value is -0.580. The monoisotopic (exact) mass is 288 g/mol. The molecule has 1 amide bonds.